The summed E-state index contributed by atoms with van der Waals surface area (Å²) in [6.07, 6.45) is 6.29. The highest BCUT2D eigenvalue weighted by molar-refractivity contribution is 5.80. The summed E-state index contributed by atoms with van der Waals surface area (Å²) in [5.41, 5.74) is 0.935. The molecular formula is C13H21NO2. The number of likely N-dealkylation sites (tertiary alicyclic amines) is 1. The molecular weight excluding hydrogens is 202 g/mol. The van der Waals surface area contributed by atoms with Gasteiger partial charge in [-0.15, -0.1) is 6.58 Å². The molecule has 1 rings (SSSR count). The first-order chi connectivity index (χ1) is 7.54. The van der Waals surface area contributed by atoms with E-state index in [9.17, 15) is 4.79 Å². The van der Waals surface area contributed by atoms with Gasteiger partial charge in [0.05, 0.1) is 0 Å². The Morgan fingerprint density at radius 3 is 2.81 bits per heavy atom. The number of aliphatic carboxylic acids is 1. The van der Waals surface area contributed by atoms with Crippen LogP contribution in [-0.4, -0.2) is 28.6 Å². The fourth-order valence-electron chi connectivity index (χ4n) is 2.17. The second kappa shape index (κ2) is 5.73. The van der Waals surface area contributed by atoms with E-state index >= 15 is 0 Å². The van der Waals surface area contributed by atoms with Gasteiger partial charge in [-0.2, -0.15) is 0 Å². The predicted molar refractivity (Wildman–Crippen MR) is 65.1 cm³/mol. The molecule has 1 fully saturated rings. The van der Waals surface area contributed by atoms with E-state index in [0.717, 1.165) is 31.5 Å². The molecule has 0 radical (unpaired) electrons. The quantitative estimate of drug-likeness (QED) is 0.575. The maximum atomic E-state index is 10.8. The van der Waals surface area contributed by atoms with E-state index in [-0.39, 0.29) is 0 Å². The van der Waals surface area contributed by atoms with Crippen molar-refractivity contribution in [1.29, 1.82) is 0 Å². The molecule has 0 aromatic rings. The Bertz CT molecular complexity index is 296. The Labute approximate surface area is 97.4 Å². The second-order valence-electron chi connectivity index (χ2n) is 4.58. The largest absolute Gasteiger partial charge is 0.478 e. The van der Waals surface area contributed by atoms with Gasteiger partial charge in [0, 0.05) is 24.4 Å². The summed E-state index contributed by atoms with van der Waals surface area (Å²) >= 11 is 0. The third kappa shape index (κ3) is 3.40. The first-order valence-electron chi connectivity index (χ1n) is 5.87. The lowest BCUT2D eigenvalue weighted by atomic mass is 10.0. The molecule has 16 heavy (non-hydrogen) atoms. The first kappa shape index (κ1) is 12.8. The summed E-state index contributed by atoms with van der Waals surface area (Å²) in [6.45, 7) is 8.93. The van der Waals surface area contributed by atoms with Gasteiger partial charge in [-0.25, -0.2) is 4.79 Å². The molecule has 2 atom stereocenters. The molecule has 0 bridgehead atoms. The normalized spacial score (nSPS) is 23.2. The molecule has 3 heteroatoms. The second-order valence-corrected chi connectivity index (χ2v) is 4.58. The molecule has 0 aromatic heterocycles. The number of nitrogens with zero attached hydrogens (tertiary/aromatic N) is 1. The van der Waals surface area contributed by atoms with Crippen LogP contribution in [0.25, 0.3) is 0 Å². The predicted octanol–water partition coefficient (Wildman–Crippen LogP) is 2.65. The van der Waals surface area contributed by atoms with Crippen LogP contribution in [0.2, 0.25) is 0 Å². The molecule has 1 heterocycles. The van der Waals surface area contributed by atoms with Gasteiger partial charge in [-0.05, 0) is 32.1 Å². The van der Waals surface area contributed by atoms with Gasteiger partial charge in [-0.3, -0.25) is 0 Å². The summed E-state index contributed by atoms with van der Waals surface area (Å²) in [4.78, 5) is 13.0. The van der Waals surface area contributed by atoms with E-state index in [1.807, 2.05) is 6.08 Å². The number of carboxylic acid groups (broad SMARTS) is 1. The van der Waals surface area contributed by atoms with E-state index in [1.165, 1.54) is 6.08 Å². The van der Waals surface area contributed by atoms with E-state index in [4.69, 9.17) is 5.11 Å². The Morgan fingerprint density at radius 2 is 2.38 bits per heavy atom. The molecule has 0 aromatic carbocycles. The minimum Gasteiger partial charge on any atom is -0.478 e. The van der Waals surface area contributed by atoms with Crippen LogP contribution < -0.4 is 0 Å². The highest BCUT2D eigenvalue weighted by atomic mass is 16.4. The van der Waals surface area contributed by atoms with Crippen molar-refractivity contribution in [1.82, 2.24) is 4.90 Å². The maximum absolute atomic E-state index is 10.8. The fourth-order valence-corrected chi connectivity index (χ4v) is 2.17. The number of carbonyl (C=O) groups is 1. The summed E-state index contributed by atoms with van der Waals surface area (Å²) in [6, 6.07) is 0.461. The Balaban J connectivity index is 2.78. The van der Waals surface area contributed by atoms with Gasteiger partial charge >= 0.3 is 5.97 Å². The van der Waals surface area contributed by atoms with Crippen LogP contribution in [0.15, 0.2) is 24.4 Å². The molecule has 1 aliphatic rings. The Hall–Kier alpha value is -1.25. The van der Waals surface area contributed by atoms with Gasteiger partial charge in [0.2, 0.25) is 0 Å². The van der Waals surface area contributed by atoms with E-state index in [2.05, 4.69) is 25.3 Å². The molecule has 0 amide bonds. The number of allylic oxidation sites excluding steroid dienone is 2. The maximum Gasteiger partial charge on any atom is 0.330 e. The molecule has 1 aliphatic heterocycles. The van der Waals surface area contributed by atoms with Crippen molar-refractivity contribution < 1.29 is 9.90 Å². The van der Waals surface area contributed by atoms with Crippen LogP contribution in [0, 0.1) is 5.92 Å². The average molecular weight is 223 g/mol. The van der Waals surface area contributed by atoms with Crippen molar-refractivity contribution in [2.75, 3.05) is 6.54 Å². The van der Waals surface area contributed by atoms with Crippen molar-refractivity contribution in [3.05, 3.63) is 24.4 Å². The van der Waals surface area contributed by atoms with Crippen molar-refractivity contribution in [3.8, 4) is 0 Å². The van der Waals surface area contributed by atoms with Crippen molar-refractivity contribution >= 4 is 5.97 Å². The van der Waals surface area contributed by atoms with Crippen LogP contribution in [0.3, 0.4) is 0 Å². The minimum absolute atomic E-state index is 0.318. The van der Waals surface area contributed by atoms with Gasteiger partial charge in [0.25, 0.3) is 0 Å². The van der Waals surface area contributed by atoms with Crippen LogP contribution in [0.5, 0.6) is 0 Å². The topological polar surface area (TPSA) is 40.5 Å². The van der Waals surface area contributed by atoms with Gasteiger partial charge in [-0.1, -0.05) is 13.0 Å². The van der Waals surface area contributed by atoms with Gasteiger partial charge < -0.3 is 10.0 Å². The van der Waals surface area contributed by atoms with Crippen LogP contribution >= 0.6 is 0 Å². The highest BCUT2D eigenvalue weighted by Gasteiger charge is 2.23. The molecule has 3 nitrogen and oxygen atoms in total. The molecule has 1 N–H and O–H groups in total. The average Bonchev–Trinajstić information content (AvgIpc) is 2.62. The summed E-state index contributed by atoms with van der Waals surface area (Å²) in [5, 5.41) is 8.89. The number of hydrogen-bond acceptors (Lipinski definition) is 2. The van der Waals surface area contributed by atoms with Crippen molar-refractivity contribution in [3.63, 3.8) is 0 Å². The Kier molecular flexibility index (Phi) is 4.59. The Morgan fingerprint density at radius 1 is 1.69 bits per heavy atom. The monoisotopic (exact) mass is 223 g/mol. The lowest BCUT2D eigenvalue weighted by Gasteiger charge is -2.27. The molecule has 0 aliphatic carbocycles. The number of hydrogen-bond donors (Lipinski definition) is 1. The number of carboxylic acids is 1. The zero-order chi connectivity index (χ0) is 12.1. The SMILES string of the molecule is C=C[C@H](C)C/C(=C/C(=O)O)N1CCC[C@H]1C. The van der Waals surface area contributed by atoms with Crippen LogP contribution in [-0.2, 0) is 4.79 Å². The summed E-state index contributed by atoms with van der Waals surface area (Å²) in [5.74, 6) is -0.538. The molecule has 0 spiro atoms. The molecule has 0 unspecified atom stereocenters. The fraction of sp³-hybridized carbons (Fsp3) is 0.615. The molecule has 90 valence electrons. The number of rotatable bonds is 5. The summed E-state index contributed by atoms with van der Waals surface area (Å²) in [7, 11) is 0. The van der Waals surface area contributed by atoms with Crippen LogP contribution in [0.1, 0.15) is 33.1 Å². The van der Waals surface area contributed by atoms with Crippen molar-refractivity contribution in [2.45, 2.75) is 39.2 Å². The lowest BCUT2D eigenvalue weighted by molar-refractivity contribution is -0.131. The molecule has 0 saturated carbocycles. The van der Waals surface area contributed by atoms with Gasteiger partial charge in [0.1, 0.15) is 0 Å². The smallest absolute Gasteiger partial charge is 0.330 e. The first-order valence-corrected chi connectivity index (χ1v) is 5.87. The van der Waals surface area contributed by atoms with Gasteiger partial charge in [0.15, 0.2) is 0 Å². The summed E-state index contributed by atoms with van der Waals surface area (Å²) < 4.78 is 0. The minimum atomic E-state index is -0.856. The van der Waals surface area contributed by atoms with E-state index < -0.39 is 5.97 Å². The van der Waals surface area contributed by atoms with E-state index in [1.54, 1.807) is 0 Å². The lowest BCUT2D eigenvalue weighted by Crippen LogP contribution is -2.27. The van der Waals surface area contributed by atoms with Crippen molar-refractivity contribution in [2.24, 2.45) is 5.92 Å². The van der Waals surface area contributed by atoms with E-state index in [0.29, 0.717) is 12.0 Å². The third-order valence-electron chi connectivity index (χ3n) is 3.15. The zero-order valence-electron chi connectivity index (χ0n) is 10.1. The molecule has 1 saturated heterocycles. The van der Waals surface area contributed by atoms with Crippen LogP contribution in [0.4, 0.5) is 0 Å². The zero-order valence-corrected chi connectivity index (χ0v) is 10.1. The standard InChI is InChI=1S/C13H21NO2/c1-4-10(2)8-12(9-13(15)16)14-7-5-6-11(14)3/h4,9-11H,1,5-8H2,2-3H3,(H,15,16)/b12-9-/t10-,11+/m0/s1. The highest BCUT2D eigenvalue weighted by Crippen LogP contribution is 2.26. The third-order valence-corrected chi connectivity index (χ3v) is 3.15.